The number of nitrogens with zero attached hydrogens (tertiary/aromatic N) is 1. The third-order valence-electron chi connectivity index (χ3n) is 2.06. The van der Waals surface area contributed by atoms with Crippen molar-refractivity contribution in [3.8, 4) is 5.75 Å². The predicted molar refractivity (Wildman–Crippen MR) is 60.0 cm³/mol. The van der Waals surface area contributed by atoms with E-state index in [9.17, 15) is 0 Å². The van der Waals surface area contributed by atoms with Crippen molar-refractivity contribution in [3.63, 3.8) is 0 Å². The van der Waals surface area contributed by atoms with Crippen LogP contribution in [0.15, 0.2) is 28.9 Å². The number of benzene rings is 1. The first-order chi connectivity index (χ1) is 7.22. The van der Waals surface area contributed by atoms with Crippen LogP contribution in [0.4, 0.5) is 0 Å². The van der Waals surface area contributed by atoms with Gasteiger partial charge in [0.15, 0.2) is 0 Å². The summed E-state index contributed by atoms with van der Waals surface area (Å²) in [5, 5.41) is 12.4. The Morgan fingerprint density at radius 1 is 1.40 bits per heavy atom. The van der Waals surface area contributed by atoms with Crippen molar-refractivity contribution in [2.75, 3.05) is 6.61 Å². The molecule has 1 aliphatic heterocycles. The van der Waals surface area contributed by atoms with E-state index in [0.717, 1.165) is 0 Å². The van der Waals surface area contributed by atoms with Gasteiger partial charge in [-0.05, 0) is 18.2 Å². The lowest BCUT2D eigenvalue weighted by molar-refractivity contribution is 0.319. The van der Waals surface area contributed by atoms with Gasteiger partial charge in [0.25, 0.3) is 0 Å². The quantitative estimate of drug-likeness (QED) is 0.468. The number of halogens is 2. The van der Waals surface area contributed by atoms with Gasteiger partial charge >= 0.3 is 0 Å². The number of rotatable bonds is 1. The van der Waals surface area contributed by atoms with Gasteiger partial charge in [0.1, 0.15) is 12.4 Å². The Morgan fingerprint density at radius 3 is 2.93 bits per heavy atom. The van der Waals surface area contributed by atoms with E-state index < -0.39 is 0 Å². The maximum atomic E-state index is 8.43. The van der Waals surface area contributed by atoms with Crippen molar-refractivity contribution in [2.45, 2.75) is 0 Å². The molecule has 78 valence electrons. The van der Waals surface area contributed by atoms with Gasteiger partial charge < -0.3 is 9.94 Å². The fourth-order valence-corrected chi connectivity index (χ4v) is 1.78. The highest BCUT2D eigenvalue weighted by Gasteiger charge is 2.17. The highest BCUT2D eigenvalue weighted by molar-refractivity contribution is 6.51. The molecule has 1 N–H and O–H groups in total. The van der Waals surface area contributed by atoms with Gasteiger partial charge in [-0.2, -0.15) is 0 Å². The summed E-state index contributed by atoms with van der Waals surface area (Å²) in [6, 6.07) is 5.20. The third kappa shape index (κ3) is 1.94. The minimum atomic E-state index is 0.289. The molecule has 3 nitrogen and oxygen atoms in total. The maximum absolute atomic E-state index is 8.43. The minimum absolute atomic E-state index is 0.289. The zero-order valence-corrected chi connectivity index (χ0v) is 9.09. The average Bonchev–Trinajstić information content (AvgIpc) is 2.23. The molecule has 0 radical (unpaired) electrons. The number of fused-ring (bicyclic) bond motifs is 1. The molecule has 1 heterocycles. The molecular formula is C10H7Cl2NO2. The van der Waals surface area contributed by atoms with Crippen molar-refractivity contribution < 1.29 is 9.94 Å². The van der Waals surface area contributed by atoms with Gasteiger partial charge in [-0.1, -0.05) is 28.4 Å². The van der Waals surface area contributed by atoms with Gasteiger partial charge in [-0.25, -0.2) is 0 Å². The Balaban J connectivity index is 2.54. The number of ether oxygens (including phenoxy) is 1. The lowest BCUT2D eigenvalue weighted by Crippen LogP contribution is -2.10. The number of hydrogen-bond acceptors (Lipinski definition) is 3. The summed E-state index contributed by atoms with van der Waals surface area (Å²) >= 11 is 11.9. The van der Waals surface area contributed by atoms with Crippen LogP contribution in [0.2, 0.25) is 5.02 Å². The van der Waals surface area contributed by atoms with Crippen molar-refractivity contribution in [3.05, 3.63) is 34.4 Å². The Hall–Kier alpha value is -1.19. The molecule has 1 aliphatic rings. The monoisotopic (exact) mass is 243 g/mol. The Kier molecular flexibility index (Phi) is 2.84. The van der Waals surface area contributed by atoms with Crippen molar-refractivity contribution in [1.82, 2.24) is 0 Å². The Morgan fingerprint density at radius 2 is 2.20 bits per heavy atom. The largest absolute Gasteiger partial charge is 0.488 e. The van der Waals surface area contributed by atoms with Crippen LogP contribution in [-0.4, -0.2) is 18.0 Å². The summed E-state index contributed by atoms with van der Waals surface area (Å²) in [5.74, 6) is 0.680. The molecule has 0 spiro atoms. The van der Waals surface area contributed by atoms with Crippen molar-refractivity contribution in [1.29, 1.82) is 0 Å². The molecule has 0 fully saturated rings. The van der Waals surface area contributed by atoms with E-state index in [1.807, 2.05) is 0 Å². The van der Waals surface area contributed by atoms with E-state index in [1.165, 1.54) is 6.21 Å². The van der Waals surface area contributed by atoms with Crippen LogP contribution < -0.4 is 4.74 Å². The first-order valence-electron chi connectivity index (χ1n) is 4.21. The molecule has 0 atom stereocenters. The molecule has 0 unspecified atom stereocenters. The molecule has 1 aromatic rings. The van der Waals surface area contributed by atoms with Crippen LogP contribution >= 0.6 is 23.2 Å². The zero-order valence-electron chi connectivity index (χ0n) is 7.58. The number of oxime groups is 1. The smallest absolute Gasteiger partial charge is 0.128 e. The second-order valence-corrected chi connectivity index (χ2v) is 3.83. The lowest BCUT2D eigenvalue weighted by atomic mass is 10.1. The standard InChI is InChI=1S/C10H7Cl2NO2/c11-7-1-2-9-8(3-7)10(12)6(4-13-14)5-15-9/h1-4,14H,5H2/b13-4+. The highest BCUT2D eigenvalue weighted by Crippen LogP contribution is 2.36. The molecule has 0 saturated carbocycles. The molecular weight excluding hydrogens is 237 g/mol. The summed E-state index contributed by atoms with van der Waals surface area (Å²) in [5.41, 5.74) is 1.33. The van der Waals surface area contributed by atoms with Gasteiger partial charge in [-0.3, -0.25) is 0 Å². The van der Waals surface area contributed by atoms with E-state index in [1.54, 1.807) is 18.2 Å². The second kappa shape index (κ2) is 4.13. The van der Waals surface area contributed by atoms with Crippen LogP contribution in [0, 0.1) is 0 Å². The van der Waals surface area contributed by atoms with E-state index in [2.05, 4.69) is 5.16 Å². The summed E-state index contributed by atoms with van der Waals surface area (Å²) in [7, 11) is 0. The van der Waals surface area contributed by atoms with Gasteiger partial charge in [0, 0.05) is 16.2 Å². The van der Waals surface area contributed by atoms with Crippen LogP contribution in [0.3, 0.4) is 0 Å². The van der Waals surface area contributed by atoms with E-state index >= 15 is 0 Å². The molecule has 15 heavy (non-hydrogen) atoms. The summed E-state index contributed by atoms with van der Waals surface area (Å²) < 4.78 is 5.41. The summed E-state index contributed by atoms with van der Waals surface area (Å²) in [6.45, 7) is 0.289. The molecule has 2 rings (SSSR count). The van der Waals surface area contributed by atoms with Gasteiger partial charge in [0.05, 0.1) is 11.2 Å². The average molecular weight is 244 g/mol. The zero-order chi connectivity index (χ0) is 10.8. The van der Waals surface area contributed by atoms with Crippen molar-refractivity contribution >= 4 is 34.4 Å². The molecule has 0 bridgehead atoms. The van der Waals surface area contributed by atoms with Crippen LogP contribution in [0.5, 0.6) is 5.75 Å². The van der Waals surface area contributed by atoms with Crippen LogP contribution in [0.1, 0.15) is 5.56 Å². The van der Waals surface area contributed by atoms with Gasteiger partial charge in [-0.15, -0.1) is 0 Å². The highest BCUT2D eigenvalue weighted by atomic mass is 35.5. The van der Waals surface area contributed by atoms with Crippen LogP contribution in [0.25, 0.3) is 5.03 Å². The molecule has 0 aromatic heterocycles. The topological polar surface area (TPSA) is 41.8 Å². The summed E-state index contributed by atoms with van der Waals surface area (Å²) in [4.78, 5) is 0. The Bertz CT molecular complexity index is 455. The molecule has 0 aliphatic carbocycles. The summed E-state index contributed by atoms with van der Waals surface area (Å²) in [6.07, 6.45) is 1.26. The van der Waals surface area contributed by atoms with E-state index in [4.69, 9.17) is 33.1 Å². The molecule has 0 amide bonds. The minimum Gasteiger partial charge on any atom is -0.488 e. The van der Waals surface area contributed by atoms with E-state index in [-0.39, 0.29) is 6.61 Å². The first kappa shape index (κ1) is 10.3. The second-order valence-electron chi connectivity index (χ2n) is 3.01. The fraction of sp³-hybridized carbons (Fsp3) is 0.100. The van der Waals surface area contributed by atoms with Crippen LogP contribution in [-0.2, 0) is 0 Å². The maximum Gasteiger partial charge on any atom is 0.128 e. The fourth-order valence-electron chi connectivity index (χ4n) is 1.36. The van der Waals surface area contributed by atoms with E-state index in [0.29, 0.717) is 26.9 Å². The Labute approximate surface area is 96.6 Å². The molecule has 1 aromatic carbocycles. The third-order valence-corrected chi connectivity index (χ3v) is 2.74. The lowest BCUT2D eigenvalue weighted by Gasteiger charge is -2.18. The molecule has 0 saturated heterocycles. The first-order valence-corrected chi connectivity index (χ1v) is 4.97. The predicted octanol–water partition coefficient (Wildman–Crippen LogP) is 3.14. The molecule has 5 heteroatoms. The van der Waals surface area contributed by atoms with Gasteiger partial charge in [0.2, 0.25) is 0 Å². The normalized spacial score (nSPS) is 15.3. The SMILES string of the molecule is O/N=C/C1=C(Cl)c2cc(Cl)ccc2OC1. The number of hydrogen-bond donors (Lipinski definition) is 1. The van der Waals surface area contributed by atoms with Crippen molar-refractivity contribution in [2.24, 2.45) is 5.16 Å².